The van der Waals surface area contributed by atoms with Gasteiger partial charge in [0.05, 0.1) is 12.0 Å². The number of nitrogens with zero attached hydrogens (tertiary/aromatic N) is 2. The SMILES string of the molecule is CCN(CC)C(=O)Oc1ccc([N+](=O)[O-])cc1/C=C/C(=O)OC. The minimum Gasteiger partial charge on any atom is -0.466 e. The zero-order valence-corrected chi connectivity index (χ0v) is 13.1. The van der Waals surface area contributed by atoms with E-state index in [4.69, 9.17) is 4.74 Å². The maximum atomic E-state index is 12.0. The molecule has 0 unspecified atom stereocenters. The third kappa shape index (κ3) is 5.10. The molecule has 0 saturated carbocycles. The zero-order chi connectivity index (χ0) is 17.4. The topological polar surface area (TPSA) is 99.0 Å². The fourth-order valence-electron chi connectivity index (χ4n) is 1.74. The van der Waals surface area contributed by atoms with Crippen molar-refractivity contribution < 1.29 is 24.0 Å². The van der Waals surface area contributed by atoms with Crippen LogP contribution in [0.1, 0.15) is 19.4 Å². The molecule has 0 atom stereocenters. The molecule has 0 aromatic heterocycles. The Hall–Kier alpha value is -2.90. The molecule has 0 radical (unpaired) electrons. The molecule has 0 bridgehead atoms. The number of esters is 1. The summed E-state index contributed by atoms with van der Waals surface area (Å²) in [5, 5.41) is 10.9. The van der Waals surface area contributed by atoms with Crippen molar-refractivity contribution in [2.75, 3.05) is 20.2 Å². The monoisotopic (exact) mass is 322 g/mol. The number of hydrogen-bond acceptors (Lipinski definition) is 6. The molecule has 0 saturated heterocycles. The van der Waals surface area contributed by atoms with Gasteiger partial charge in [-0.25, -0.2) is 9.59 Å². The van der Waals surface area contributed by atoms with Crippen molar-refractivity contribution >= 4 is 23.8 Å². The lowest BCUT2D eigenvalue weighted by Crippen LogP contribution is -2.33. The first-order chi connectivity index (χ1) is 10.9. The van der Waals surface area contributed by atoms with Gasteiger partial charge in [-0.2, -0.15) is 0 Å². The third-order valence-corrected chi connectivity index (χ3v) is 3.02. The summed E-state index contributed by atoms with van der Waals surface area (Å²) in [4.78, 5) is 34.9. The fourth-order valence-corrected chi connectivity index (χ4v) is 1.74. The number of amides is 1. The van der Waals surface area contributed by atoms with Gasteiger partial charge >= 0.3 is 12.1 Å². The van der Waals surface area contributed by atoms with E-state index in [1.54, 1.807) is 13.8 Å². The predicted molar refractivity (Wildman–Crippen MR) is 83.1 cm³/mol. The Bertz CT molecular complexity index is 622. The van der Waals surface area contributed by atoms with Crippen LogP contribution in [-0.2, 0) is 9.53 Å². The summed E-state index contributed by atoms with van der Waals surface area (Å²) in [7, 11) is 1.21. The Balaban J connectivity index is 3.14. The summed E-state index contributed by atoms with van der Waals surface area (Å²) >= 11 is 0. The number of methoxy groups -OCH3 is 1. The van der Waals surface area contributed by atoms with E-state index in [-0.39, 0.29) is 17.0 Å². The highest BCUT2D eigenvalue weighted by molar-refractivity contribution is 5.88. The van der Waals surface area contributed by atoms with E-state index in [9.17, 15) is 19.7 Å². The average Bonchev–Trinajstić information content (AvgIpc) is 2.54. The summed E-state index contributed by atoms with van der Waals surface area (Å²) in [6.07, 6.45) is 1.81. The number of nitro benzene ring substituents is 1. The largest absolute Gasteiger partial charge is 0.466 e. The van der Waals surface area contributed by atoms with Crippen molar-refractivity contribution in [1.29, 1.82) is 0 Å². The van der Waals surface area contributed by atoms with Gasteiger partial charge in [-0.3, -0.25) is 10.1 Å². The molecule has 0 heterocycles. The van der Waals surface area contributed by atoms with Crippen LogP contribution in [0, 0.1) is 10.1 Å². The van der Waals surface area contributed by atoms with Crippen molar-refractivity contribution in [3.8, 4) is 5.75 Å². The zero-order valence-electron chi connectivity index (χ0n) is 13.1. The van der Waals surface area contributed by atoms with Gasteiger partial charge in [0.15, 0.2) is 0 Å². The normalized spacial score (nSPS) is 10.4. The van der Waals surface area contributed by atoms with Crippen LogP contribution in [0.4, 0.5) is 10.5 Å². The Morgan fingerprint density at radius 3 is 2.48 bits per heavy atom. The smallest absolute Gasteiger partial charge is 0.415 e. The van der Waals surface area contributed by atoms with Crippen molar-refractivity contribution in [3.63, 3.8) is 0 Å². The molecular weight excluding hydrogens is 304 g/mol. The second-order valence-electron chi connectivity index (χ2n) is 4.38. The van der Waals surface area contributed by atoms with Crippen molar-refractivity contribution in [1.82, 2.24) is 4.90 Å². The Morgan fingerprint density at radius 2 is 1.96 bits per heavy atom. The maximum absolute atomic E-state index is 12.0. The highest BCUT2D eigenvalue weighted by Gasteiger charge is 2.16. The van der Waals surface area contributed by atoms with E-state index < -0.39 is 17.0 Å². The first-order valence-corrected chi connectivity index (χ1v) is 6.94. The van der Waals surface area contributed by atoms with Gasteiger partial charge in [-0.15, -0.1) is 0 Å². The second-order valence-corrected chi connectivity index (χ2v) is 4.38. The molecule has 0 aliphatic carbocycles. The highest BCUT2D eigenvalue weighted by Crippen LogP contribution is 2.26. The number of nitro groups is 1. The molecule has 1 rings (SSSR count). The number of carbonyl (C=O) groups is 2. The van der Waals surface area contributed by atoms with Crippen LogP contribution in [0.5, 0.6) is 5.75 Å². The van der Waals surface area contributed by atoms with Crippen LogP contribution in [0.25, 0.3) is 6.08 Å². The lowest BCUT2D eigenvalue weighted by atomic mass is 10.1. The molecule has 0 N–H and O–H groups in total. The molecule has 1 aromatic carbocycles. The van der Waals surface area contributed by atoms with Crippen molar-refractivity contribution in [2.45, 2.75) is 13.8 Å². The minimum absolute atomic E-state index is 0.118. The van der Waals surface area contributed by atoms with E-state index in [1.807, 2.05) is 0 Å². The quantitative estimate of drug-likeness (QED) is 0.345. The highest BCUT2D eigenvalue weighted by atomic mass is 16.6. The van der Waals surface area contributed by atoms with Crippen molar-refractivity contribution in [3.05, 3.63) is 40.0 Å². The molecular formula is C15H18N2O6. The molecule has 1 amide bonds. The van der Waals surface area contributed by atoms with Gasteiger partial charge in [-0.1, -0.05) is 0 Å². The molecule has 8 heteroatoms. The molecule has 0 spiro atoms. The molecule has 0 aliphatic rings. The van der Waals surface area contributed by atoms with E-state index in [0.29, 0.717) is 13.1 Å². The fraction of sp³-hybridized carbons (Fsp3) is 0.333. The molecule has 8 nitrogen and oxygen atoms in total. The summed E-state index contributed by atoms with van der Waals surface area (Å²) in [5.41, 5.74) is 0.0438. The average molecular weight is 322 g/mol. The van der Waals surface area contributed by atoms with Gasteiger partial charge in [0.2, 0.25) is 0 Å². The van der Waals surface area contributed by atoms with Crippen LogP contribution in [0.2, 0.25) is 0 Å². The summed E-state index contributed by atoms with van der Waals surface area (Å²) in [6.45, 7) is 4.54. The minimum atomic E-state index is -0.627. The van der Waals surface area contributed by atoms with E-state index >= 15 is 0 Å². The third-order valence-electron chi connectivity index (χ3n) is 3.02. The van der Waals surface area contributed by atoms with Gasteiger partial charge in [-0.05, 0) is 26.0 Å². The number of carbonyl (C=O) groups excluding carboxylic acids is 2. The van der Waals surface area contributed by atoms with E-state index in [2.05, 4.69) is 4.74 Å². The van der Waals surface area contributed by atoms with Crippen LogP contribution in [0.3, 0.4) is 0 Å². The lowest BCUT2D eigenvalue weighted by molar-refractivity contribution is -0.384. The van der Waals surface area contributed by atoms with Gasteiger partial charge < -0.3 is 14.4 Å². The number of rotatable bonds is 6. The van der Waals surface area contributed by atoms with Gasteiger partial charge in [0, 0.05) is 36.9 Å². The first-order valence-electron chi connectivity index (χ1n) is 6.94. The summed E-state index contributed by atoms with van der Waals surface area (Å²) in [6, 6.07) is 3.75. The van der Waals surface area contributed by atoms with E-state index in [0.717, 1.165) is 6.08 Å². The number of hydrogen-bond donors (Lipinski definition) is 0. The molecule has 0 aliphatic heterocycles. The standard InChI is InChI=1S/C15H18N2O6/c1-4-16(5-2)15(19)23-13-8-7-12(17(20)21)10-11(13)6-9-14(18)22-3/h6-10H,4-5H2,1-3H3/b9-6+. The predicted octanol–water partition coefficient (Wildman–Crippen LogP) is 2.62. The van der Waals surface area contributed by atoms with Gasteiger partial charge in [0.25, 0.3) is 5.69 Å². The van der Waals surface area contributed by atoms with Crippen LogP contribution < -0.4 is 4.74 Å². The Morgan fingerprint density at radius 1 is 1.30 bits per heavy atom. The van der Waals surface area contributed by atoms with Gasteiger partial charge in [0.1, 0.15) is 5.75 Å². The van der Waals surface area contributed by atoms with Crippen LogP contribution in [0.15, 0.2) is 24.3 Å². The van der Waals surface area contributed by atoms with E-state index in [1.165, 1.54) is 36.3 Å². The summed E-state index contributed by atoms with van der Waals surface area (Å²) < 4.78 is 9.72. The first kappa shape index (κ1) is 18.1. The number of benzene rings is 1. The second kappa shape index (κ2) is 8.52. The Labute approximate surface area is 133 Å². The number of ether oxygens (including phenoxy) is 2. The molecule has 1 aromatic rings. The van der Waals surface area contributed by atoms with Crippen molar-refractivity contribution in [2.24, 2.45) is 0 Å². The lowest BCUT2D eigenvalue weighted by Gasteiger charge is -2.18. The van der Waals surface area contributed by atoms with Crippen LogP contribution >= 0.6 is 0 Å². The van der Waals surface area contributed by atoms with Crippen LogP contribution in [-0.4, -0.2) is 42.1 Å². The molecule has 124 valence electrons. The molecule has 0 fully saturated rings. The Kier molecular flexibility index (Phi) is 6.72. The molecule has 23 heavy (non-hydrogen) atoms. The maximum Gasteiger partial charge on any atom is 0.415 e. The summed E-state index contributed by atoms with van der Waals surface area (Å²) in [5.74, 6) is -0.509. The number of non-ortho nitro benzene ring substituents is 1.